The zero-order valence-electron chi connectivity index (χ0n) is 14.4. The minimum absolute atomic E-state index is 0.133. The molecule has 0 N–H and O–H groups in total. The van der Waals surface area contributed by atoms with Gasteiger partial charge in [-0.2, -0.15) is 0 Å². The van der Waals surface area contributed by atoms with Gasteiger partial charge < -0.3 is 14.2 Å². The molecule has 1 aliphatic heterocycles. The predicted molar refractivity (Wildman–Crippen MR) is 93.0 cm³/mol. The Morgan fingerprint density at radius 1 is 1.42 bits per heavy atom. The molecule has 0 saturated carbocycles. The molecule has 5 nitrogen and oxygen atoms in total. The van der Waals surface area contributed by atoms with Gasteiger partial charge in [0, 0.05) is 25.5 Å². The fourth-order valence-corrected chi connectivity index (χ4v) is 3.20. The van der Waals surface area contributed by atoms with Crippen molar-refractivity contribution in [2.24, 2.45) is 0 Å². The lowest BCUT2D eigenvalue weighted by molar-refractivity contribution is -0.132. The van der Waals surface area contributed by atoms with E-state index in [0.717, 1.165) is 37.2 Å². The zero-order valence-corrected chi connectivity index (χ0v) is 14.4. The van der Waals surface area contributed by atoms with Crippen LogP contribution in [0.1, 0.15) is 38.3 Å². The third kappa shape index (κ3) is 4.16. The van der Waals surface area contributed by atoms with E-state index in [9.17, 15) is 4.79 Å². The van der Waals surface area contributed by atoms with Crippen LogP contribution in [0, 0.1) is 0 Å². The summed E-state index contributed by atoms with van der Waals surface area (Å²) in [6.45, 7) is 5.60. The number of carbonyl (C=O) groups is 1. The van der Waals surface area contributed by atoms with Crippen LogP contribution < -0.4 is 4.74 Å². The van der Waals surface area contributed by atoms with Gasteiger partial charge in [-0.1, -0.05) is 12.1 Å². The zero-order chi connectivity index (χ0) is 16.9. The van der Waals surface area contributed by atoms with Crippen LogP contribution >= 0.6 is 0 Å². The molecule has 1 amide bonds. The number of rotatable bonds is 5. The lowest BCUT2D eigenvalue weighted by atomic mass is 10.0. The van der Waals surface area contributed by atoms with E-state index in [4.69, 9.17) is 4.74 Å². The monoisotopic (exact) mass is 327 g/mol. The molecule has 0 unspecified atom stereocenters. The number of aromatic nitrogens is 2. The lowest BCUT2D eigenvalue weighted by Crippen LogP contribution is -2.41. The average molecular weight is 327 g/mol. The van der Waals surface area contributed by atoms with Crippen LogP contribution in [0.5, 0.6) is 5.75 Å². The average Bonchev–Trinajstić information content (AvgIpc) is 3.09. The molecule has 1 fully saturated rings. The van der Waals surface area contributed by atoms with E-state index in [2.05, 4.69) is 9.55 Å². The molecule has 2 heterocycles. The second kappa shape index (κ2) is 7.51. The number of imidazole rings is 1. The van der Waals surface area contributed by atoms with E-state index in [1.165, 1.54) is 0 Å². The van der Waals surface area contributed by atoms with Crippen molar-refractivity contribution in [2.45, 2.75) is 45.3 Å². The maximum Gasteiger partial charge on any atom is 0.227 e. The van der Waals surface area contributed by atoms with E-state index in [1.54, 1.807) is 6.20 Å². The Morgan fingerprint density at radius 3 is 3.04 bits per heavy atom. The molecule has 1 aromatic heterocycles. The Morgan fingerprint density at radius 2 is 2.29 bits per heavy atom. The molecule has 0 bridgehead atoms. The Bertz CT molecular complexity index is 667. The van der Waals surface area contributed by atoms with E-state index >= 15 is 0 Å². The van der Waals surface area contributed by atoms with Crippen molar-refractivity contribution in [3.63, 3.8) is 0 Å². The van der Waals surface area contributed by atoms with Crippen molar-refractivity contribution in [1.29, 1.82) is 0 Å². The third-order valence-corrected chi connectivity index (χ3v) is 4.32. The fourth-order valence-electron chi connectivity index (χ4n) is 3.20. The van der Waals surface area contributed by atoms with Gasteiger partial charge in [-0.25, -0.2) is 4.98 Å². The van der Waals surface area contributed by atoms with Crippen molar-refractivity contribution in [3.8, 4) is 5.75 Å². The number of benzene rings is 1. The van der Waals surface area contributed by atoms with Gasteiger partial charge in [-0.05, 0) is 44.4 Å². The van der Waals surface area contributed by atoms with Crippen molar-refractivity contribution >= 4 is 5.91 Å². The Labute approximate surface area is 143 Å². The molecular formula is C19H25N3O2. The molecule has 0 radical (unpaired) electrons. The van der Waals surface area contributed by atoms with E-state index in [0.29, 0.717) is 12.5 Å². The second-order valence-corrected chi connectivity index (χ2v) is 6.64. The molecular weight excluding hydrogens is 302 g/mol. The van der Waals surface area contributed by atoms with Crippen molar-refractivity contribution in [1.82, 2.24) is 14.5 Å². The molecule has 3 rings (SSSR count). The first-order valence-electron chi connectivity index (χ1n) is 8.62. The summed E-state index contributed by atoms with van der Waals surface area (Å²) < 4.78 is 7.82. The van der Waals surface area contributed by atoms with Crippen LogP contribution in [-0.2, 0) is 11.2 Å². The first kappa shape index (κ1) is 16.6. The normalized spacial score (nSPS) is 18.0. The van der Waals surface area contributed by atoms with Crippen molar-refractivity contribution in [2.75, 3.05) is 13.1 Å². The van der Waals surface area contributed by atoms with E-state index in [-0.39, 0.29) is 12.0 Å². The number of likely N-dealkylation sites (tertiary alicyclic amines) is 1. The molecule has 128 valence electrons. The fraction of sp³-hybridized carbons (Fsp3) is 0.474. The topological polar surface area (TPSA) is 47.4 Å². The van der Waals surface area contributed by atoms with Gasteiger partial charge in [0.1, 0.15) is 5.75 Å². The summed E-state index contributed by atoms with van der Waals surface area (Å²) in [7, 11) is 0. The molecule has 1 saturated heterocycles. The molecule has 0 spiro atoms. The summed E-state index contributed by atoms with van der Waals surface area (Å²) in [5, 5.41) is 0. The maximum absolute atomic E-state index is 12.7. The molecule has 1 aliphatic rings. The van der Waals surface area contributed by atoms with Crippen LogP contribution in [-0.4, -0.2) is 39.6 Å². The number of amides is 1. The van der Waals surface area contributed by atoms with Gasteiger partial charge in [0.25, 0.3) is 0 Å². The van der Waals surface area contributed by atoms with Crippen molar-refractivity contribution < 1.29 is 9.53 Å². The van der Waals surface area contributed by atoms with Crippen LogP contribution in [0.25, 0.3) is 0 Å². The standard InChI is InChI=1S/C19H25N3O2/c1-15(2)24-18-7-3-5-16(11-18)12-19(23)21-9-4-6-17(13-21)22-10-8-20-14-22/h3,5,7-8,10-11,14-15,17H,4,6,9,12-13H2,1-2H3/t17-/m0/s1. The van der Waals surface area contributed by atoms with Crippen molar-refractivity contribution in [3.05, 3.63) is 48.5 Å². The SMILES string of the molecule is CC(C)Oc1cccc(CC(=O)N2CCC[C@H](n3ccnc3)C2)c1. The molecule has 5 heteroatoms. The number of hydrogen-bond acceptors (Lipinski definition) is 3. The summed E-state index contributed by atoms with van der Waals surface area (Å²) in [5.74, 6) is 1.01. The molecule has 2 aromatic rings. The Balaban J connectivity index is 1.62. The highest BCUT2D eigenvalue weighted by molar-refractivity contribution is 5.79. The van der Waals surface area contributed by atoms with Crippen LogP contribution in [0.15, 0.2) is 43.0 Å². The van der Waals surface area contributed by atoms with Gasteiger partial charge in [-0.3, -0.25) is 4.79 Å². The summed E-state index contributed by atoms with van der Waals surface area (Å²) in [6.07, 6.45) is 8.29. The predicted octanol–water partition coefficient (Wildman–Crippen LogP) is 3.08. The summed E-state index contributed by atoms with van der Waals surface area (Å²) in [4.78, 5) is 18.8. The quantitative estimate of drug-likeness (QED) is 0.848. The largest absolute Gasteiger partial charge is 0.491 e. The second-order valence-electron chi connectivity index (χ2n) is 6.64. The van der Waals surface area contributed by atoms with E-state index in [1.807, 2.05) is 55.5 Å². The number of hydrogen-bond donors (Lipinski definition) is 0. The third-order valence-electron chi connectivity index (χ3n) is 4.32. The molecule has 24 heavy (non-hydrogen) atoms. The number of carbonyl (C=O) groups excluding carboxylic acids is 1. The lowest BCUT2D eigenvalue weighted by Gasteiger charge is -2.33. The number of ether oxygens (including phenoxy) is 1. The summed E-state index contributed by atoms with van der Waals surface area (Å²) in [6, 6.07) is 8.17. The van der Waals surface area contributed by atoms with E-state index < -0.39 is 0 Å². The molecule has 1 atom stereocenters. The summed E-state index contributed by atoms with van der Waals surface area (Å²) >= 11 is 0. The smallest absolute Gasteiger partial charge is 0.227 e. The highest BCUT2D eigenvalue weighted by atomic mass is 16.5. The first-order chi connectivity index (χ1) is 11.6. The molecule has 1 aromatic carbocycles. The van der Waals surface area contributed by atoms with Crippen LogP contribution in [0.3, 0.4) is 0 Å². The highest BCUT2D eigenvalue weighted by Gasteiger charge is 2.24. The van der Waals surface area contributed by atoms with Gasteiger partial charge in [0.2, 0.25) is 5.91 Å². The number of nitrogens with zero attached hydrogens (tertiary/aromatic N) is 3. The first-order valence-corrected chi connectivity index (χ1v) is 8.62. The van der Waals surface area contributed by atoms with Gasteiger partial charge >= 0.3 is 0 Å². The summed E-state index contributed by atoms with van der Waals surface area (Å²) in [5.41, 5.74) is 1.00. The Kier molecular flexibility index (Phi) is 5.18. The van der Waals surface area contributed by atoms with Gasteiger partial charge in [0.05, 0.1) is 24.9 Å². The van der Waals surface area contributed by atoms with Crippen LogP contribution in [0.2, 0.25) is 0 Å². The maximum atomic E-state index is 12.7. The minimum atomic E-state index is 0.133. The Hall–Kier alpha value is -2.30. The van der Waals surface area contributed by atoms with Crippen LogP contribution in [0.4, 0.5) is 0 Å². The van der Waals surface area contributed by atoms with Gasteiger partial charge in [-0.15, -0.1) is 0 Å². The highest BCUT2D eigenvalue weighted by Crippen LogP contribution is 2.22. The number of piperidine rings is 1. The minimum Gasteiger partial charge on any atom is -0.491 e. The van der Waals surface area contributed by atoms with Gasteiger partial charge in [0.15, 0.2) is 0 Å². The molecule has 0 aliphatic carbocycles.